The molecule has 0 bridgehead atoms. The fourth-order valence-corrected chi connectivity index (χ4v) is 2.55. The molecule has 1 aliphatic heterocycles. The number of thioether (sulfide) groups is 1. The Bertz CT molecular complexity index is 483. The number of hydrogen-bond donors (Lipinski definition) is 1. The van der Waals surface area contributed by atoms with E-state index in [1.807, 2.05) is 24.5 Å². The maximum Gasteiger partial charge on any atom is 0.148 e. The van der Waals surface area contributed by atoms with Crippen molar-refractivity contribution in [2.75, 3.05) is 0 Å². The van der Waals surface area contributed by atoms with E-state index < -0.39 is 0 Å². The van der Waals surface area contributed by atoms with Crippen molar-refractivity contribution in [3.05, 3.63) is 39.2 Å². The van der Waals surface area contributed by atoms with Gasteiger partial charge >= 0.3 is 0 Å². The van der Waals surface area contributed by atoms with Crippen molar-refractivity contribution in [1.82, 2.24) is 0 Å². The molecule has 1 aromatic carbocycles. The highest BCUT2D eigenvalue weighted by molar-refractivity contribution is 8.02. The first-order valence-corrected chi connectivity index (χ1v) is 6.39. The second-order valence-corrected chi connectivity index (χ2v) is 5.21. The molecule has 0 aliphatic carbocycles. The fourth-order valence-electron chi connectivity index (χ4n) is 1.45. The van der Waals surface area contributed by atoms with Gasteiger partial charge in [0.1, 0.15) is 5.50 Å². The number of allylic oxidation sites excluding steroid dienone is 1. The van der Waals surface area contributed by atoms with Crippen LogP contribution in [-0.4, -0.2) is 11.2 Å². The van der Waals surface area contributed by atoms with Crippen molar-refractivity contribution in [3.63, 3.8) is 0 Å². The summed E-state index contributed by atoms with van der Waals surface area (Å²) in [5.41, 5.74) is 8.48. The number of rotatable bonds is 1. The van der Waals surface area contributed by atoms with Crippen molar-refractivity contribution in [1.29, 1.82) is 0 Å². The molecular weight excluding hydrogens is 263 g/mol. The van der Waals surface area contributed by atoms with Crippen LogP contribution in [0, 0.1) is 0 Å². The van der Waals surface area contributed by atoms with Crippen LogP contribution in [-0.2, 0) is 0 Å². The zero-order valence-corrected chi connectivity index (χ0v) is 10.9. The van der Waals surface area contributed by atoms with E-state index in [1.54, 1.807) is 6.07 Å². The van der Waals surface area contributed by atoms with Crippen LogP contribution in [0.5, 0.6) is 0 Å². The van der Waals surface area contributed by atoms with Gasteiger partial charge in [-0.15, -0.1) is 0 Å². The zero-order valence-electron chi connectivity index (χ0n) is 8.58. The summed E-state index contributed by atoms with van der Waals surface area (Å²) in [4.78, 5) is 4.31. The van der Waals surface area contributed by atoms with Crippen LogP contribution in [0.15, 0.2) is 28.6 Å². The molecule has 0 spiro atoms. The van der Waals surface area contributed by atoms with Crippen LogP contribution in [0.3, 0.4) is 0 Å². The smallest absolute Gasteiger partial charge is 0.148 e. The first-order valence-electron chi connectivity index (χ1n) is 4.69. The summed E-state index contributed by atoms with van der Waals surface area (Å²) in [7, 11) is 0. The standard InChI is InChI=1S/C11H10Cl2N2S/c1-6-8(5-16-11(14)15-6)7-2-3-9(12)10(13)4-7/h2-5,11H,14H2,1H3. The summed E-state index contributed by atoms with van der Waals surface area (Å²) in [6.07, 6.45) is 0. The molecule has 0 aromatic heterocycles. The number of nitrogens with two attached hydrogens (primary N) is 1. The van der Waals surface area contributed by atoms with Crippen LogP contribution in [0.25, 0.3) is 5.57 Å². The monoisotopic (exact) mass is 272 g/mol. The molecule has 5 heteroatoms. The van der Waals surface area contributed by atoms with Crippen molar-refractivity contribution in [2.45, 2.75) is 12.4 Å². The Labute approximate surface area is 109 Å². The molecule has 0 saturated heterocycles. The maximum atomic E-state index is 5.98. The van der Waals surface area contributed by atoms with E-state index >= 15 is 0 Å². The molecule has 84 valence electrons. The van der Waals surface area contributed by atoms with Gasteiger partial charge in [0.2, 0.25) is 0 Å². The van der Waals surface area contributed by atoms with Crippen molar-refractivity contribution >= 4 is 46.2 Å². The van der Waals surface area contributed by atoms with Gasteiger partial charge in [-0.3, -0.25) is 4.99 Å². The second kappa shape index (κ2) is 4.80. The number of halogens is 2. The third-order valence-electron chi connectivity index (χ3n) is 2.27. The zero-order chi connectivity index (χ0) is 11.7. The third-order valence-corrected chi connectivity index (χ3v) is 3.76. The summed E-state index contributed by atoms with van der Waals surface area (Å²) in [6.45, 7) is 1.94. The highest BCUT2D eigenvalue weighted by Crippen LogP contribution is 2.31. The number of aliphatic imine (C=N–C) groups is 1. The summed E-state index contributed by atoms with van der Waals surface area (Å²) >= 11 is 13.3. The quantitative estimate of drug-likeness (QED) is 0.845. The summed E-state index contributed by atoms with van der Waals surface area (Å²) in [5, 5.41) is 3.11. The molecule has 1 unspecified atom stereocenters. The molecule has 16 heavy (non-hydrogen) atoms. The van der Waals surface area contributed by atoms with E-state index in [2.05, 4.69) is 4.99 Å². The molecule has 2 N–H and O–H groups in total. The van der Waals surface area contributed by atoms with Gasteiger partial charge in [-0.05, 0) is 30.0 Å². The van der Waals surface area contributed by atoms with Crippen molar-refractivity contribution in [2.24, 2.45) is 10.7 Å². The molecule has 1 atom stereocenters. The second-order valence-electron chi connectivity index (χ2n) is 3.40. The maximum absolute atomic E-state index is 5.98. The predicted octanol–water partition coefficient (Wildman–Crippen LogP) is 3.78. The topological polar surface area (TPSA) is 38.4 Å². The Kier molecular flexibility index (Phi) is 3.60. The Hall–Kier alpha value is -0.480. The molecule has 1 aliphatic rings. The summed E-state index contributed by atoms with van der Waals surface area (Å²) in [5.74, 6) is 0. The Morgan fingerprint density at radius 3 is 2.69 bits per heavy atom. The molecule has 1 heterocycles. The number of benzene rings is 1. The minimum absolute atomic E-state index is 0.202. The van der Waals surface area contributed by atoms with Crippen LogP contribution in [0.2, 0.25) is 10.0 Å². The van der Waals surface area contributed by atoms with E-state index in [-0.39, 0.29) is 5.50 Å². The van der Waals surface area contributed by atoms with Gasteiger partial charge in [0.25, 0.3) is 0 Å². The third kappa shape index (κ3) is 2.43. The Morgan fingerprint density at radius 2 is 2.06 bits per heavy atom. The first-order chi connectivity index (χ1) is 7.58. The van der Waals surface area contributed by atoms with E-state index in [1.165, 1.54) is 11.8 Å². The molecule has 2 nitrogen and oxygen atoms in total. The van der Waals surface area contributed by atoms with Crippen LogP contribution < -0.4 is 5.73 Å². The minimum Gasteiger partial charge on any atom is -0.301 e. The SMILES string of the molecule is CC1=NC(N)SC=C1c1ccc(Cl)c(Cl)c1. The molecular formula is C11H10Cl2N2S. The van der Waals surface area contributed by atoms with Gasteiger partial charge in [-0.2, -0.15) is 0 Å². The van der Waals surface area contributed by atoms with Crippen LogP contribution >= 0.6 is 35.0 Å². The molecule has 0 radical (unpaired) electrons. The van der Waals surface area contributed by atoms with Crippen molar-refractivity contribution < 1.29 is 0 Å². The summed E-state index contributed by atoms with van der Waals surface area (Å²) < 4.78 is 0. The largest absolute Gasteiger partial charge is 0.301 e. The lowest BCUT2D eigenvalue weighted by Gasteiger charge is -2.16. The number of nitrogens with zero attached hydrogens (tertiary/aromatic N) is 1. The van der Waals surface area contributed by atoms with Gasteiger partial charge in [0.15, 0.2) is 0 Å². The lowest BCUT2D eigenvalue weighted by molar-refractivity contribution is 0.990. The van der Waals surface area contributed by atoms with Gasteiger partial charge in [0.05, 0.1) is 10.0 Å². The fraction of sp³-hybridized carbons (Fsp3) is 0.182. The molecule has 0 amide bonds. The highest BCUT2D eigenvalue weighted by atomic mass is 35.5. The van der Waals surface area contributed by atoms with Gasteiger partial charge in [-0.25, -0.2) is 0 Å². The predicted molar refractivity (Wildman–Crippen MR) is 73.1 cm³/mol. The van der Waals surface area contributed by atoms with E-state index in [9.17, 15) is 0 Å². The van der Waals surface area contributed by atoms with E-state index in [0.717, 1.165) is 16.8 Å². The summed E-state index contributed by atoms with van der Waals surface area (Å²) in [6, 6.07) is 5.55. The van der Waals surface area contributed by atoms with Crippen LogP contribution in [0.1, 0.15) is 12.5 Å². The normalized spacial score (nSPS) is 20.4. The van der Waals surface area contributed by atoms with Crippen molar-refractivity contribution in [3.8, 4) is 0 Å². The first kappa shape index (κ1) is 12.0. The Morgan fingerprint density at radius 1 is 1.31 bits per heavy atom. The van der Waals surface area contributed by atoms with Gasteiger partial charge < -0.3 is 5.73 Å². The highest BCUT2D eigenvalue weighted by Gasteiger charge is 2.13. The molecule has 0 fully saturated rings. The average Bonchev–Trinajstić information content (AvgIpc) is 2.22. The van der Waals surface area contributed by atoms with Gasteiger partial charge in [0, 0.05) is 11.3 Å². The van der Waals surface area contributed by atoms with Crippen LogP contribution in [0.4, 0.5) is 0 Å². The lowest BCUT2D eigenvalue weighted by Crippen LogP contribution is -2.17. The molecule has 2 rings (SSSR count). The van der Waals surface area contributed by atoms with Gasteiger partial charge in [-0.1, -0.05) is 41.0 Å². The average molecular weight is 273 g/mol. The molecule has 0 saturated carbocycles. The van der Waals surface area contributed by atoms with E-state index in [0.29, 0.717) is 10.0 Å². The number of hydrogen-bond acceptors (Lipinski definition) is 3. The minimum atomic E-state index is -0.202. The van der Waals surface area contributed by atoms with E-state index in [4.69, 9.17) is 28.9 Å². The lowest BCUT2D eigenvalue weighted by atomic mass is 10.0. The Balaban J connectivity index is 2.39. The molecule has 1 aromatic rings.